The SMILES string of the molecule is CCC(C)(C)C(=O)Oc1ccc(-c2ccc(OC(=O)/C=C/c3ccccc3)cc2)cc1. The van der Waals surface area contributed by atoms with Crippen LogP contribution in [0.15, 0.2) is 84.9 Å². The highest BCUT2D eigenvalue weighted by molar-refractivity contribution is 5.88. The standard InChI is InChI=1S/C27H26O4/c1-4-27(2,3)26(29)31-24-17-13-22(14-18-24)21-11-15-23(16-12-21)30-25(28)19-10-20-8-6-5-7-9-20/h5-19H,4H2,1-3H3/b19-10+. The van der Waals surface area contributed by atoms with Crippen LogP contribution in [0.3, 0.4) is 0 Å². The quantitative estimate of drug-likeness (QED) is 0.258. The van der Waals surface area contributed by atoms with Gasteiger partial charge in [0.1, 0.15) is 11.5 Å². The summed E-state index contributed by atoms with van der Waals surface area (Å²) in [6, 6.07) is 24.2. The number of carbonyl (C=O) groups excluding carboxylic acids is 2. The lowest BCUT2D eigenvalue weighted by atomic mass is 9.91. The number of hydrogen-bond donors (Lipinski definition) is 0. The second-order valence-electron chi connectivity index (χ2n) is 7.84. The zero-order chi connectivity index (χ0) is 22.3. The molecule has 0 fully saturated rings. The van der Waals surface area contributed by atoms with Gasteiger partial charge in [0.2, 0.25) is 0 Å². The summed E-state index contributed by atoms with van der Waals surface area (Å²) in [5.74, 6) is 0.317. The van der Waals surface area contributed by atoms with Crippen LogP contribution in [-0.4, -0.2) is 11.9 Å². The summed E-state index contributed by atoms with van der Waals surface area (Å²) < 4.78 is 10.8. The maximum Gasteiger partial charge on any atom is 0.336 e. The van der Waals surface area contributed by atoms with Crippen LogP contribution in [-0.2, 0) is 9.59 Å². The average Bonchev–Trinajstić information content (AvgIpc) is 2.79. The minimum absolute atomic E-state index is 0.241. The monoisotopic (exact) mass is 414 g/mol. The maximum absolute atomic E-state index is 12.2. The molecule has 4 heteroatoms. The Morgan fingerprint density at radius 1 is 0.774 bits per heavy atom. The molecule has 0 spiro atoms. The van der Waals surface area contributed by atoms with Crippen LogP contribution in [0, 0.1) is 5.41 Å². The molecule has 0 saturated heterocycles. The normalized spacial score (nSPS) is 11.3. The number of esters is 2. The number of rotatable bonds is 7. The lowest BCUT2D eigenvalue weighted by Crippen LogP contribution is -2.28. The molecule has 0 N–H and O–H groups in total. The van der Waals surface area contributed by atoms with Crippen molar-refractivity contribution in [3.8, 4) is 22.6 Å². The molecule has 0 bridgehead atoms. The molecule has 3 aromatic carbocycles. The van der Waals surface area contributed by atoms with Crippen molar-refractivity contribution in [3.05, 3.63) is 90.5 Å². The Kier molecular flexibility index (Phi) is 7.03. The molecule has 0 unspecified atom stereocenters. The summed E-state index contributed by atoms with van der Waals surface area (Å²) >= 11 is 0. The van der Waals surface area contributed by atoms with Gasteiger partial charge in [0.05, 0.1) is 5.41 Å². The molecular weight excluding hydrogens is 388 g/mol. The molecule has 0 saturated carbocycles. The van der Waals surface area contributed by atoms with E-state index in [1.807, 2.05) is 75.4 Å². The molecule has 3 rings (SSSR count). The van der Waals surface area contributed by atoms with Gasteiger partial charge >= 0.3 is 11.9 Å². The van der Waals surface area contributed by atoms with Crippen LogP contribution in [0.1, 0.15) is 32.8 Å². The first-order valence-electron chi connectivity index (χ1n) is 10.2. The Bertz CT molecular complexity index is 1050. The third-order valence-corrected chi connectivity index (χ3v) is 5.12. The molecule has 0 aromatic heterocycles. The first-order chi connectivity index (χ1) is 14.9. The van der Waals surface area contributed by atoms with Gasteiger partial charge in [-0.3, -0.25) is 4.79 Å². The Balaban J connectivity index is 1.60. The van der Waals surface area contributed by atoms with E-state index in [0.717, 1.165) is 16.7 Å². The van der Waals surface area contributed by atoms with Crippen molar-refractivity contribution in [1.29, 1.82) is 0 Å². The predicted octanol–water partition coefficient (Wildman–Crippen LogP) is 6.31. The van der Waals surface area contributed by atoms with Crippen molar-refractivity contribution in [2.75, 3.05) is 0 Å². The number of benzene rings is 3. The van der Waals surface area contributed by atoms with Gasteiger partial charge in [-0.05, 0) is 67.3 Å². The minimum atomic E-state index is -0.512. The van der Waals surface area contributed by atoms with Crippen LogP contribution in [0.25, 0.3) is 17.2 Å². The van der Waals surface area contributed by atoms with E-state index in [0.29, 0.717) is 17.9 Å². The molecule has 0 aliphatic heterocycles. The zero-order valence-corrected chi connectivity index (χ0v) is 18.0. The van der Waals surface area contributed by atoms with E-state index in [4.69, 9.17) is 9.47 Å². The highest BCUT2D eigenvalue weighted by Crippen LogP contribution is 2.27. The molecule has 31 heavy (non-hydrogen) atoms. The second-order valence-corrected chi connectivity index (χ2v) is 7.84. The van der Waals surface area contributed by atoms with Crippen LogP contribution >= 0.6 is 0 Å². The summed E-state index contributed by atoms with van der Waals surface area (Å²) in [5.41, 5.74) is 2.35. The molecule has 0 aliphatic rings. The highest BCUT2D eigenvalue weighted by Gasteiger charge is 2.27. The third-order valence-electron chi connectivity index (χ3n) is 5.12. The first kappa shape index (κ1) is 22.0. The lowest BCUT2D eigenvalue weighted by Gasteiger charge is -2.20. The van der Waals surface area contributed by atoms with Crippen molar-refractivity contribution in [2.45, 2.75) is 27.2 Å². The molecule has 0 heterocycles. The Labute approximate surface area is 183 Å². The summed E-state index contributed by atoms with van der Waals surface area (Å²) in [6.07, 6.45) is 3.83. The molecule has 4 nitrogen and oxygen atoms in total. The number of ether oxygens (including phenoxy) is 2. The zero-order valence-electron chi connectivity index (χ0n) is 18.0. The molecule has 0 radical (unpaired) electrons. The van der Waals surface area contributed by atoms with Crippen molar-refractivity contribution >= 4 is 18.0 Å². The van der Waals surface area contributed by atoms with Gasteiger partial charge in [-0.1, -0.05) is 61.5 Å². The van der Waals surface area contributed by atoms with Gasteiger partial charge in [-0.15, -0.1) is 0 Å². The third kappa shape index (κ3) is 6.16. The van der Waals surface area contributed by atoms with E-state index in [1.165, 1.54) is 6.08 Å². The number of hydrogen-bond acceptors (Lipinski definition) is 4. The number of carbonyl (C=O) groups is 2. The minimum Gasteiger partial charge on any atom is -0.426 e. The fourth-order valence-corrected chi connectivity index (χ4v) is 2.70. The van der Waals surface area contributed by atoms with Crippen molar-refractivity contribution < 1.29 is 19.1 Å². The fourth-order valence-electron chi connectivity index (χ4n) is 2.70. The Morgan fingerprint density at radius 3 is 1.81 bits per heavy atom. The largest absolute Gasteiger partial charge is 0.426 e. The predicted molar refractivity (Wildman–Crippen MR) is 123 cm³/mol. The van der Waals surface area contributed by atoms with Gasteiger partial charge in [0.25, 0.3) is 0 Å². The summed E-state index contributed by atoms with van der Waals surface area (Å²) in [5, 5.41) is 0. The lowest BCUT2D eigenvalue weighted by molar-refractivity contribution is -0.144. The van der Waals surface area contributed by atoms with Gasteiger partial charge in [0, 0.05) is 6.08 Å². The van der Waals surface area contributed by atoms with E-state index in [2.05, 4.69) is 0 Å². The van der Waals surface area contributed by atoms with Crippen LogP contribution in [0.2, 0.25) is 0 Å². The van der Waals surface area contributed by atoms with Gasteiger partial charge in [0.15, 0.2) is 0 Å². The maximum atomic E-state index is 12.2. The molecule has 0 amide bonds. The topological polar surface area (TPSA) is 52.6 Å². The first-order valence-corrected chi connectivity index (χ1v) is 10.2. The van der Waals surface area contributed by atoms with E-state index in [9.17, 15) is 9.59 Å². The van der Waals surface area contributed by atoms with Crippen molar-refractivity contribution in [1.82, 2.24) is 0 Å². The van der Waals surface area contributed by atoms with E-state index < -0.39 is 11.4 Å². The Morgan fingerprint density at radius 2 is 1.29 bits per heavy atom. The summed E-state index contributed by atoms with van der Waals surface area (Å²) in [7, 11) is 0. The Hall–Kier alpha value is -3.66. The van der Waals surface area contributed by atoms with Gasteiger partial charge in [-0.2, -0.15) is 0 Å². The van der Waals surface area contributed by atoms with Crippen LogP contribution < -0.4 is 9.47 Å². The second kappa shape index (κ2) is 9.90. The molecule has 0 atom stereocenters. The summed E-state index contributed by atoms with van der Waals surface area (Å²) in [6.45, 7) is 5.70. The highest BCUT2D eigenvalue weighted by atomic mass is 16.5. The van der Waals surface area contributed by atoms with Crippen LogP contribution in [0.5, 0.6) is 11.5 Å². The molecule has 158 valence electrons. The molecular formula is C27H26O4. The molecule has 3 aromatic rings. The van der Waals surface area contributed by atoms with Gasteiger partial charge < -0.3 is 9.47 Å². The molecule has 0 aliphatic carbocycles. The van der Waals surface area contributed by atoms with Gasteiger partial charge in [-0.25, -0.2) is 4.79 Å². The van der Waals surface area contributed by atoms with E-state index >= 15 is 0 Å². The fraction of sp³-hybridized carbons (Fsp3) is 0.185. The average molecular weight is 415 g/mol. The van der Waals surface area contributed by atoms with Crippen molar-refractivity contribution in [2.24, 2.45) is 5.41 Å². The smallest absolute Gasteiger partial charge is 0.336 e. The van der Waals surface area contributed by atoms with Crippen LogP contribution in [0.4, 0.5) is 0 Å². The van der Waals surface area contributed by atoms with E-state index in [1.54, 1.807) is 30.3 Å². The van der Waals surface area contributed by atoms with Crippen molar-refractivity contribution in [3.63, 3.8) is 0 Å². The van der Waals surface area contributed by atoms with E-state index in [-0.39, 0.29) is 5.97 Å². The summed E-state index contributed by atoms with van der Waals surface area (Å²) in [4.78, 5) is 24.2.